The summed E-state index contributed by atoms with van der Waals surface area (Å²) in [6.07, 6.45) is 3.07. The average molecular weight is 469 g/mol. The van der Waals surface area contributed by atoms with Gasteiger partial charge in [0, 0.05) is 24.9 Å². The molecule has 1 aliphatic rings. The van der Waals surface area contributed by atoms with E-state index in [1.165, 1.54) is 23.4 Å². The predicted molar refractivity (Wildman–Crippen MR) is 107 cm³/mol. The van der Waals surface area contributed by atoms with Crippen LogP contribution in [0.3, 0.4) is 0 Å². The molecule has 6 heterocycles. The number of H-pyrrole nitrogens is 1. The van der Waals surface area contributed by atoms with Gasteiger partial charge in [0.15, 0.2) is 0 Å². The number of nitrogens with one attached hydrogen (secondary N) is 1. The van der Waals surface area contributed by atoms with Crippen LogP contribution in [-0.4, -0.2) is 56.9 Å². The third kappa shape index (κ3) is 3.14. The van der Waals surface area contributed by atoms with E-state index >= 15 is 0 Å². The second-order valence-corrected chi connectivity index (χ2v) is 7.54. The maximum Gasteiger partial charge on any atom is 0.333 e. The highest BCUT2D eigenvalue weighted by Crippen LogP contribution is 2.34. The predicted octanol–water partition coefficient (Wildman–Crippen LogP) is 2.63. The number of aromatic nitrogens is 8. The topological polar surface area (TPSA) is 123 Å². The Morgan fingerprint density at radius 2 is 2.09 bits per heavy atom. The lowest BCUT2D eigenvalue weighted by Crippen LogP contribution is -2.41. The first-order valence-corrected chi connectivity index (χ1v) is 10.1. The van der Waals surface area contributed by atoms with Crippen LogP contribution in [0, 0.1) is 5.95 Å². The summed E-state index contributed by atoms with van der Waals surface area (Å²) in [5.74, 6) is -1.68. The minimum Gasteiger partial charge on any atom is -0.411 e. The van der Waals surface area contributed by atoms with E-state index in [1.54, 1.807) is 18.2 Å². The van der Waals surface area contributed by atoms with E-state index in [4.69, 9.17) is 4.42 Å². The Bertz CT molecular complexity index is 1520. The Kier molecular flexibility index (Phi) is 4.46. The number of rotatable bonds is 4. The van der Waals surface area contributed by atoms with Crippen molar-refractivity contribution in [3.8, 4) is 11.6 Å². The molecule has 1 aliphatic heterocycles. The standard InChI is InChI=1S/C20H14F3N9O2/c21-14-3-1-2-10-8-13(29-32(10)14)16-15-11(24-9-25-15)4-6-30(16)19(33)18-27-26-17(34-18)12-5-7-31(28-12)20(22)23/h1-3,5,7-9,16,20H,4,6H2,(H,24,25)/t16-/m0/s1. The van der Waals surface area contributed by atoms with Gasteiger partial charge in [-0.2, -0.15) is 23.4 Å². The van der Waals surface area contributed by atoms with Crippen molar-refractivity contribution in [2.75, 3.05) is 6.54 Å². The number of halogens is 3. The number of alkyl halides is 2. The van der Waals surface area contributed by atoms with Crippen molar-refractivity contribution in [2.24, 2.45) is 0 Å². The molecular weight excluding hydrogens is 455 g/mol. The molecule has 0 radical (unpaired) electrons. The maximum atomic E-state index is 14.2. The molecule has 0 saturated carbocycles. The van der Waals surface area contributed by atoms with Crippen LogP contribution in [-0.2, 0) is 6.42 Å². The van der Waals surface area contributed by atoms with Crippen molar-refractivity contribution < 1.29 is 22.4 Å². The number of fused-ring (bicyclic) bond motifs is 2. The highest BCUT2D eigenvalue weighted by atomic mass is 19.3. The highest BCUT2D eigenvalue weighted by molar-refractivity contribution is 5.90. The van der Waals surface area contributed by atoms with Gasteiger partial charge in [-0.1, -0.05) is 6.07 Å². The van der Waals surface area contributed by atoms with Gasteiger partial charge < -0.3 is 14.3 Å². The van der Waals surface area contributed by atoms with Crippen LogP contribution in [0.4, 0.5) is 13.2 Å². The van der Waals surface area contributed by atoms with Crippen LogP contribution < -0.4 is 0 Å². The molecule has 5 aromatic heterocycles. The number of carbonyl (C=O) groups is 1. The number of carbonyl (C=O) groups excluding carboxylic acids is 1. The number of pyridine rings is 1. The summed E-state index contributed by atoms with van der Waals surface area (Å²) < 4.78 is 46.9. The Hall–Kier alpha value is -4.49. The summed E-state index contributed by atoms with van der Waals surface area (Å²) in [6.45, 7) is -2.56. The van der Waals surface area contributed by atoms with Crippen LogP contribution in [0.15, 0.2) is 47.3 Å². The molecule has 0 aromatic carbocycles. The van der Waals surface area contributed by atoms with E-state index < -0.39 is 24.4 Å². The SMILES string of the molecule is O=C(c1nnc(-c2ccn(C(F)F)n2)o1)N1CCc2[nH]cnc2[C@@H]1c1cc2cccc(F)n2n1. The molecule has 34 heavy (non-hydrogen) atoms. The number of aromatic amines is 1. The number of hydrogen-bond acceptors (Lipinski definition) is 7. The van der Waals surface area contributed by atoms with Crippen molar-refractivity contribution in [2.45, 2.75) is 19.0 Å². The molecule has 6 rings (SSSR count). The maximum absolute atomic E-state index is 14.2. The lowest BCUT2D eigenvalue weighted by molar-refractivity contribution is 0.0566. The summed E-state index contributed by atoms with van der Waals surface area (Å²) in [4.78, 5) is 22.3. The Morgan fingerprint density at radius 3 is 2.88 bits per heavy atom. The first kappa shape index (κ1) is 20.1. The summed E-state index contributed by atoms with van der Waals surface area (Å²) in [7, 11) is 0. The molecule has 0 bridgehead atoms. The second-order valence-electron chi connectivity index (χ2n) is 7.54. The second kappa shape index (κ2) is 7.54. The Morgan fingerprint density at radius 1 is 1.21 bits per heavy atom. The quantitative estimate of drug-likeness (QED) is 0.402. The van der Waals surface area contributed by atoms with Crippen LogP contribution in [0.2, 0.25) is 0 Å². The van der Waals surface area contributed by atoms with E-state index in [2.05, 4.69) is 30.4 Å². The van der Waals surface area contributed by atoms with E-state index in [1.807, 2.05) is 0 Å². The molecule has 0 fully saturated rings. The highest BCUT2D eigenvalue weighted by Gasteiger charge is 2.38. The zero-order valence-electron chi connectivity index (χ0n) is 17.1. The van der Waals surface area contributed by atoms with Crippen LogP contribution in [0.5, 0.6) is 0 Å². The molecule has 0 unspecified atom stereocenters. The molecule has 11 nitrogen and oxygen atoms in total. The van der Waals surface area contributed by atoms with Crippen LogP contribution in [0.1, 0.15) is 40.4 Å². The largest absolute Gasteiger partial charge is 0.411 e. The van der Waals surface area contributed by atoms with Gasteiger partial charge in [0.1, 0.15) is 11.7 Å². The molecule has 0 spiro atoms. The molecule has 1 N–H and O–H groups in total. The molecule has 172 valence electrons. The smallest absolute Gasteiger partial charge is 0.333 e. The third-order valence-electron chi connectivity index (χ3n) is 5.56. The fourth-order valence-electron chi connectivity index (χ4n) is 4.03. The van der Waals surface area contributed by atoms with Crippen molar-refractivity contribution in [3.63, 3.8) is 0 Å². The minimum atomic E-state index is -2.83. The Balaban J connectivity index is 1.37. The van der Waals surface area contributed by atoms with Gasteiger partial charge in [-0.25, -0.2) is 14.2 Å². The number of nitrogens with zero attached hydrogens (tertiary/aromatic N) is 8. The van der Waals surface area contributed by atoms with E-state index in [9.17, 15) is 18.0 Å². The molecule has 5 aromatic rings. The van der Waals surface area contributed by atoms with Crippen molar-refractivity contribution >= 4 is 11.4 Å². The van der Waals surface area contributed by atoms with Gasteiger partial charge in [0.2, 0.25) is 5.95 Å². The normalized spacial score (nSPS) is 15.9. The van der Waals surface area contributed by atoms with E-state index in [-0.39, 0.29) is 24.0 Å². The zero-order chi connectivity index (χ0) is 23.4. The molecular formula is C20H14F3N9O2. The molecule has 1 amide bonds. The van der Waals surface area contributed by atoms with Crippen LogP contribution in [0.25, 0.3) is 17.1 Å². The van der Waals surface area contributed by atoms with Crippen molar-refractivity contribution in [3.05, 3.63) is 71.8 Å². The van der Waals surface area contributed by atoms with Crippen molar-refractivity contribution in [1.29, 1.82) is 0 Å². The fraction of sp³-hybridized carbons (Fsp3) is 0.200. The summed E-state index contributed by atoms with van der Waals surface area (Å²) in [5.41, 5.74) is 2.32. The van der Waals surface area contributed by atoms with Gasteiger partial charge in [-0.3, -0.25) is 4.79 Å². The monoisotopic (exact) mass is 469 g/mol. The number of imidazole rings is 1. The number of amides is 1. The fourth-order valence-corrected chi connectivity index (χ4v) is 4.03. The summed E-state index contributed by atoms with van der Waals surface area (Å²) in [6, 6.07) is 6.75. The van der Waals surface area contributed by atoms with Gasteiger partial charge in [-0.05, 0) is 24.3 Å². The summed E-state index contributed by atoms with van der Waals surface area (Å²) in [5, 5.41) is 15.6. The van der Waals surface area contributed by atoms with Gasteiger partial charge >= 0.3 is 18.3 Å². The van der Waals surface area contributed by atoms with E-state index in [0.29, 0.717) is 28.0 Å². The molecule has 0 saturated heterocycles. The average Bonchev–Trinajstić information content (AvgIpc) is 3.62. The van der Waals surface area contributed by atoms with Crippen LogP contribution >= 0.6 is 0 Å². The zero-order valence-corrected chi connectivity index (χ0v) is 17.1. The van der Waals surface area contributed by atoms with Gasteiger partial charge in [0.05, 0.1) is 23.2 Å². The molecule has 0 aliphatic carbocycles. The van der Waals surface area contributed by atoms with Crippen molar-refractivity contribution in [1.82, 2.24) is 44.5 Å². The van der Waals surface area contributed by atoms with Gasteiger partial charge in [-0.15, -0.1) is 10.2 Å². The minimum absolute atomic E-state index is 0.00691. The summed E-state index contributed by atoms with van der Waals surface area (Å²) >= 11 is 0. The number of hydrogen-bond donors (Lipinski definition) is 1. The Labute approximate surface area is 187 Å². The lowest BCUT2D eigenvalue weighted by atomic mass is 9.99. The first-order valence-electron chi connectivity index (χ1n) is 10.1. The van der Waals surface area contributed by atoms with E-state index in [0.717, 1.165) is 16.4 Å². The molecule has 14 heteroatoms. The molecule has 1 atom stereocenters. The first-order chi connectivity index (χ1) is 16.5. The lowest BCUT2D eigenvalue weighted by Gasteiger charge is -2.32. The van der Waals surface area contributed by atoms with Gasteiger partial charge in [0.25, 0.3) is 5.89 Å². The third-order valence-corrected chi connectivity index (χ3v) is 5.56.